The van der Waals surface area contributed by atoms with Crippen LogP contribution < -0.4 is 5.73 Å². The van der Waals surface area contributed by atoms with Crippen molar-refractivity contribution < 1.29 is 109 Å². The molecule has 16 atom stereocenters. The number of carboxylic acids is 1. The normalized spacial score (nSPS) is 24.1. The van der Waals surface area contributed by atoms with Gasteiger partial charge in [0.2, 0.25) is 0 Å². The molecule has 0 spiro atoms. The highest BCUT2D eigenvalue weighted by molar-refractivity contribution is 6.32. The lowest BCUT2D eigenvalue weighted by Crippen LogP contribution is -2.59. The van der Waals surface area contributed by atoms with Crippen molar-refractivity contribution >= 4 is 64.6 Å². The van der Waals surface area contributed by atoms with E-state index in [2.05, 4.69) is 81.4 Å². The number of aliphatic carboxylic acids is 1. The molecule has 3 aliphatic heterocycles. The van der Waals surface area contributed by atoms with Crippen LogP contribution in [0.4, 0.5) is 0 Å². The Morgan fingerprint density at radius 2 is 0.745 bits per heavy atom. The molecule has 7 aromatic rings. The Labute approximate surface area is 631 Å². The number of hydrogen-bond acceptors (Lipinski definition) is 21. The van der Waals surface area contributed by atoms with Crippen LogP contribution >= 0.6 is 34.8 Å². The Morgan fingerprint density at radius 1 is 0.415 bits per heavy atom. The zero-order chi connectivity index (χ0) is 76.8. The number of aliphatic hydroxyl groups excluding tert-OH is 8. The minimum absolute atomic E-state index is 0. The summed E-state index contributed by atoms with van der Waals surface area (Å²) in [4.78, 5) is 58.1. The van der Waals surface area contributed by atoms with Crippen molar-refractivity contribution in [3.8, 4) is 0 Å². The first kappa shape index (κ1) is 87.2. The summed E-state index contributed by atoms with van der Waals surface area (Å²) in [7, 11) is 0. The van der Waals surface area contributed by atoms with E-state index >= 15 is 0 Å². The van der Waals surface area contributed by atoms with Gasteiger partial charge in [0.25, 0.3) is 0 Å². The summed E-state index contributed by atoms with van der Waals surface area (Å²) in [6.07, 6.45) is -12.3. The van der Waals surface area contributed by atoms with E-state index in [-0.39, 0.29) is 12.1 Å². The number of nitrogens with two attached hydrogens (primary N) is 1. The Hall–Kier alpha value is -7.76. The van der Waals surface area contributed by atoms with Crippen molar-refractivity contribution in [1.82, 2.24) is 0 Å². The highest BCUT2D eigenvalue weighted by atomic mass is 35.5. The van der Waals surface area contributed by atoms with Gasteiger partial charge in [0, 0.05) is 42.8 Å². The van der Waals surface area contributed by atoms with Crippen LogP contribution in [0.1, 0.15) is 139 Å². The summed E-state index contributed by atoms with van der Waals surface area (Å²) in [5.74, 6) is -3.56. The fourth-order valence-corrected chi connectivity index (χ4v) is 12.8. The molecule has 3 saturated heterocycles. The van der Waals surface area contributed by atoms with E-state index < -0.39 is 141 Å². The minimum Gasteiger partial charge on any atom is -0.480 e. The minimum atomic E-state index is -1.40. The van der Waals surface area contributed by atoms with E-state index in [1.165, 1.54) is 44.4 Å². The number of rotatable bonds is 22. The molecule has 106 heavy (non-hydrogen) atoms. The van der Waals surface area contributed by atoms with E-state index in [0.29, 0.717) is 57.4 Å². The van der Waals surface area contributed by atoms with Crippen LogP contribution in [0.2, 0.25) is 15.1 Å². The predicted octanol–water partition coefficient (Wildman–Crippen LogP) is 8.12. The SMILES string of the molecule is CCc1ccc(Cc2cc([C@@H]3O[C@H](CO)[C@@H](O)[C@H](O)[C@H]3O)ccc2Cl)cc1.CCc1ccc(Cc2cc([C@@H]3O[C@H](CO)[C@@H](O)[C@H](O)[C@H]3O)ccc2Cl)cc1.CCc1ccc(Cc2cc([C@@H]3O[C@H](COC(C)=O)[C@@H](OC(C)=O)[C@H](OC(C)=O)[C@H]3OC(C)=O)ccc2Cl)cc1.NC(Cc1ccccc1)C(=O)O.O. The molecule has 0 saturated carbocycles. The smallest absolute Gasteiger partial charge is 0.320 e. The molecule has 0 amide bonds. The van der Waals surface area contributed by atoms with Crippen molar-refractivity contribution in [1.29, 1.82) is 0 Å². The number of benzene rings is 7. The fourth-order valence-electron chi connectivity index (χ4n) is 12.3. The second-order valence-electron chi connectivity index (χ2n) is 25.8. The number of aryl methyl sites for hydroxylation is 3. The number of carbonyl (C=O) groups excluding carboxylic acids is 4. The molecule has 0 aromatic heterocycles. The molecule has 23 nitrogen and oxygen atoms in total. The fraction of sp³-hybridized carbons (Fsp3) is 0.412. The lowest BCUT2D eigenvalue weighted by molar-refractivity contribution is -0.254. The maximum absolute atomic E-state index is 12.1. The Morgan fingerprint density at radius 3 is 1.08 bits per heavy atom. The van der Waals surface area contributed by atoms with Crippen LogP contribution in [-0.4, -0.2) is 180 Å². The number of carbonyl (C=O) groups is 5. The molecular weight excluding hydrogens is 1430 g/mol. The molecule has 3 fully saturated rings. The van der Waals surface area contributed by atoms with Crippen molar-refractivity contribution in [3.63, 3.8) is 0 Å². The van der Waals surface area contributed by atoms with E-state index in [0.717, 1.165) is 58.2 Å². The molecule has 1 unspecified atom stereocenters. The van der Waals surface area contributed by atoms with Gasteiger partial charge in [0.05, 0.1) is 13.2 Å². The van der Waals surface area contributed by atoms with E-state index in [1.807, 2.05) is 60.7 Å². The third kappa shape index (κ3) is 24.6. The van der Waals surface area contributed by atoms with Gasteiger partial charge in [0.15, 0.2) is 18.3 Å². The molecule has 0 aliphatic carbocycles. The van der Waals surface area contributed by atoms with E-state index in [9.17, 15) is 64.8 Å². The van der Waals surface area contributed by atoms with Crippen LogP contribution in [0, 0.1) is 0 Å². The average Bonchev–Trinajstić information content (AvgIpc) is 0.918. The van der Waals surface area contributed by atoms with Gasteiger partial charge in [-0.15, -0.1) is 0 Å². The van der Waals surface area contributed by atoms with Crippen LogP contribution in [0.3, 0.4) is 0 Å². The van der Waals surface area contributed by atoms with Crippen molar-refractivity contribution in [2.75, 3.05) is 19.8 Å². The van der Waals surface area contributed by atoms with Crippen LogP contribution in [-0.2, 0) is 102 Å². The van der Waals surface area contributed by atoms with Gasteiger partial charge in [-0.05, 0) is 135 Å². The quantitative estimate of drug-likeness (QED) is 0.0226. The van der Waals surface area contributed by atoms with Gasteiger partial charge in [-0.1, -0.05) is 195 Å². The number of esters is 4. The van der Waals surface area contributed by atoms with E-state index in [4.69, 9.17) is 78.8 Å². The zero-order valence-electron chi connectivity index (χ0n) is 60.0. The first-order chi connectivity index (χ1) is 50.1. The number of ether oxygens (including phenoxy) is 7. The van der Waals surface area contributed by atoms with Gasteiger partial charge in [-0.2, -0.15) is 0 Å². The molecule has 10 rings (SSSR count). The molecule has 26 heteroatoms. The van der Waals surface area contributed by atoms with Crippen LogP contribution in [0.5, 0.6) is 0 Å². The molecular formula is C80H96Cl3NO22. The topological polar surface area (TPSA) is 390 Å². The largest absolute Gasteiger partial charge is 0.480 e. The molecule has 0 radical (unpaired) electrons. The predicted molar refractivity (Wildman–Crippen MR) is 396 cm³/mol. The summed E-state index contributed by atoms with van der Waals surface area (Å²) >= 11 is 19.3. The maximum Gasteiger partial charge on any atom is 0.320 e. The summed E-state index contributed by atoms with van der Waals surface area (Å²) in [5.41, 5.74) is 17.7. The number of hydrogen-bond donors (Lipinski definition) is 10. The van der Waals surface area contributed by atoms with Gasteiger partial charge in [-0.25, -0.2) is 0 Å². The number of aliphatic hydroxyl groups is 8. The second-order valence-corrected chi connectivity index (χ2v) is 27.1. The Kier molecular flexibility index (Phi) is 34.6. The lowest BCUT2D eigenvalue weighted by atomic mass is 9.89. The summed E-state index contributed by atoms with van der Waals surface area (Å²) in [6.45, 7) is 9.90. The molecule has 13 N–H and O–H groups in total. The van der Waals surface area contributed by atoms with Gasteiger partial charge in [-0.3, -0.25) is 24.0 Å². The highest BCUT2D eigenvalue weighted by Crippen LogP contribution is 2.41. The Bertz CT molecular complexity index is 3810. The van der Waals surface area contributed by atoms with Gasteiger partial charge >= 0.3 is 29.8 Å². The summed E-state index contributed by atoms with van der Waals surface area (Å²) in [6, 6.07) is 49.2. The van der Waals surface area contributed by atoms with Crippen LogP contribution in [0.25, 0.3) is 0 Å². The summed E-state index contributed by atoms with van der Waals surface area (Å²) in [5, 5.41) is 89.6. The highest BCUT2D eigenvalue weighted by Gasteiger charge is 2.53. The van der Waals surface area contributed by atoms with Gasteiger partial charge in [0.1, 0.15) is 85.9 Å². The van der Waals surface area contributed by atoms with Crippen molar-refractivity contribution in [2.45, 2.75) is 191 Å². The van der Waals surface area contributed by atoms with Gasteiger partial charge < -0.3 is 90.3 Å². The maximum atomic E-state index is 12.1. The summed E-state index contributed by atoms with van der Waals surface area (Å²) < 4.78 is 39.3. The molecule has 574 valence electrons. The third-order valence-electron chi connectivity index (χ3n) is 18.1. The molecule has 3 aliphatic rings. The first-order valence-electron chi connectivity index (χ1n) is 34.6. The average molecular weight is 1530 g/mol. The zero-order valence-corrected chi connectivity index (χ0v) is 62.2. The van der Waals surface area contributed by atoms with Crippen LogP contribution in [0.15, 0.2) is 158 Å². The first-order valence-corrected chi connectivity index (χ1v) is 35.7. The monoisotopic (exact) mass is 1530 g/mol. The standard InChI is InChI=1S/C29H33ClO9.2C21H25ClO5.C9H11NO2.H2O/c1-6-20-7-9-21(10-8-20)13-23-14-22(11-12-24(23)30)26-28(37-18(4)33)29(38-19(5)34)27(36-17(3)32)25(39-26)15-35-16(2)31;2*1-2-12-3-5-13(6-4-12)9-15-10-14(7-8-16(15)22)21-20(26)19(25)18(24)17(11-23)27-21;10-8(9(11)12)6-7-4-2-1-3-5-7;/h7-12,14,25-29H,6,13,15H2,1-5H3;2*3-8,10,17-21,23-26H,2,9,11H2,1H3;1-5,8H,6,10H2,(H,11,12);1H2/t25-,26+,27-,28+,29+;2*17-,18-,19+,20-,21+;;/m111../s1. The molecule has 3 heterocycles. The lowest BCUT2D eigenvalue weighted by Gasteiger charge is -2.44. The third-order valence-corrected chi connectivity index (χ3v) is 19.2. The van der Waals surface area contributed by atoms with E-state index in [1.54, 1.807) is 36.4 Å². The van der Waals surface area contributed by atoms with Crippen molar-refractivity contribution in [3.05, 3.63) is 245 Å². The van der Waals surface area contributed by atoms with Crippen molar-refractivity contribution in [2.24, 2.45) is 5.73 Å². The Balaban J connectivity index is 0.000000234. The number of carboxylic acid groups (broad SMARTS) is 1. The number of halogens is 3. The molecule has 7 aromatic carbocycles. The second kappa shape index (κ2) is 42.1. The molecule has 0 bridgehead atoms.